The molecular formula is C15H20N2O. The Morgan fingerprint density at radius 2 is 2.00 bits per heavy atom. The summed E-state index contributed by atoms with van der Waals surface area (Å²) in [7, 11) is 0. The number of nitrogens with two attached hydrogens (primary N) is 1. The van der Waals surface area contributed by atoms with Crippen molar-refractivity contribution < 1.29 is 5.11 Å². The minimum absolute atomic E-state index is 0.233. The van der Waals surface area contributed by atoms with Gasteiger partial charge in [-0.15, -0.1) is 0 Å². The van der Waals surface area contributed by atoms with Crippen molar-refractivity contribution in [2.45, 2.75) is 25.4 Å². The number of hydrogen-bond donors (Lipinski definition) is 2. The van der Waals surface area contributed by atoms with Crippen LogP contribution in [0, 0.1) is 11.8 Å². The van der Waals surface area contributed by atoms with Crippen LogP contribution in [-0.2, 0) is 6.54 Å². The molecule has 1 saturated carbocycles. The van der Waals surface area contributed by atoms with Crippen LogP contribution in [0.5, 0.6) is 0 Å². The van der Waals surface area contributed by atoms with Gasteiger partial charge < -0.3 is 10.8 Å². The fourth-order valence-corrected chi connectivity index (χ4v) is 2.04. The van der Waals surface area contributed by atoms with Crippen molar-refractivity contribution >= 4 is 0 Å². The van der Waals surface area contributed by atoms with Crippen LogP contribution in [0.25, 0.3) is 0 Å². The lowest BCUT2D eigenvalue weighted by atomic mass is 10.1. The molecule has 18 heavy (non-hydrogen) atoms. The van der Waals surface area contributed by atoms with Gasteiger partial charge in [-0.3, -0.25) is 4.90 Å². The van der Waals surface area contributed by atoms with Gasteiger partial charge in [-0.05, 0) is 30.5 Å². The summed E-state index contributed by atoms with van der Waals surface area (Å²) in [6.45, 7) is 2.31. The van der Waals surface area contributed by atoms with E-state index in [2.05, 4.69) is 28.9 Å². The third-order valence-corrected chi connectivity index (χ3v) is 3.12. The zero-order chi connectivity index (χ0) is 12.8. The van der Waals surface area contributed by atoms with Gasteiger partial charge in [0.1, 0.15) is 0 Å². The van der Waals surface area contributed by atoms with Crippen molar-refractivity contribution in [3.63, 3.8) is 0 Å². The Kier molecular flexibility index (Phi) is 4.77. The van der Waals surface area contributed by atoms with Gasteiger partial charge in [-0.25, -0.2) is 0 Å². The zero-order valence-electron chi connectivity index (χ0n) is 10.6. The maximum Gasteiger partial charge on any atom is 0.0558 e. The first-order valence-corrected chi connectivity index (χ1v) is 6.46. The molecule has 2 rings (SSSR count). The summed E-state index contributed by atoms with van der Waals surface area (Å²) in [6.07, 6.45) is 2.53. The molecule has 0 atom stereocenters. The molecule has 0 amide bonds. The highest BCUT2D eigenvalue weighted by Gasteiger charge is 2.28. The highest BCUT2D eigenvalue weighted by Crippen LogP contribution is 2.27. The van der Waals surface area contributed by atoms with E-state index < -0.39 is 0 Å². The topological polar surface area (TPSA) is 49.5 Å². The Morgan fingerprint density at radius 3 is 2.56 bits per heavy atom. The van der Waals surface area contributed by atoms with Crippen molar-refractivity contribution in [3.8, 4) is 11.8 Å². The predicted octanol–water partition coefficient (Wildman–Crippen LogP) is 0.953. The fraction of sp³-hybridized carbons (Fsp3) is 0.467. The van der Waals surface area contributed by atoms with Crippen LogP contribution in [0.15, 0.2) is 24.3 Å². The van der Waals surface area contributed by atoms with Crippen LogP contribution in [0.2, 0.25) is 0 Å². The van der Waals surface area contributed by atoms with E-state index in [1.807, 2.05) is 12.1 Å². The SMILES string of the molecule is NCC#Cc1ccc(CN(CCO)C2CC2)cc1. The van der Waals surface area contributed by atoms with E-state index in [-0.39, 0.29) is 6.61 Å². The van der Waals surface area contributed by atoms with Gasteiger partial charge in [0.25, 0.3) is 0 Å². The average Bonchev–Trinajstić information content (AvgIpc) is 3.22. The Morgan fingerprint density at radius 1 is 1.28 bits per heavy atom. The van der Waals surface area contributed by atoms with E-state index in [9.17, 15) is 0 Å². The molecule has 0 aromatic heterocycles. The number of aliphatic hydroxyl groups is 1. The summed E-state index contributed by atoms with van der Waals surface area (Å²) in [5.41, 5.74) is 7.62. The highest BCUT2D eigenvalue weighted by atomic mass is 16.3. The predicted molar refractivity (Wildman–Crippen MR) is 72.9 cm³/mol. The quantitative estimate of drug-likeness (QED) is 0.758. The van der Waals surface area contributed by atoms with Gasteiger partial charge in [-0.1, -0.05) is 24.0 Å². The maximum atomic E-state index is 9.06. The monoisotopic (exact) mass is 244 g/mol. The first-order chi connectivity index (χ1) is 8.83. The summed E-state index contributed by atoms with van der Waals surface area (Å²) < 4.78 is 0. The largest absolute Gasteiger partial charge is 0.395 e. The molecule has 0 unspecified atom stereocenters. The lowest BCUT2D eigenvalue weighted by molar-refractivity contribution is 0.183. The molecule has 0 bridgehead atoms. The molecule has 0 radical (unpaired) electrons. The second-order valence-corrected chi connectivity index (χ2v) is 4.63. The molecule has 1 aliphatic rings. The fourth-order valence-electron chi connectivity index (χ4n) is 2.04. The minimum Gasteiger partial charge on any atom is -0.395 e. The Labute approximate surface area is 109 Å². The van der Waals surface area contributed by atoms with E-state index in [1.165, 1.54) is 18.4 Å². The Hall–Kier alpha value is -1.34. The molecular weight excluding hydrogens is 224 g/mol. The molecule has 1 aliphatic carbocycles. The molecule has 96 valence electrons. The van der Waals surface area contributed by atoms with Crippen LogP contribution < -0.4 is 5.73 Å². The van der Waals surface area contributed by atoms with Crippen molar-refractivity contribution in [2.75, 3.05) is 19.7 Å². The highest BCUT2D eigenvalue weighted by molar-refractivity contribution is 5.36. The number of benzene rings is 1. The van der Waals surface area contributed by atoms with Crippen LogP contribution in [-0.4, -0.2) is 35.7 Å². The molecule has 1 aromatic rings. The Bertz CT molecular complexity index is 426. The molecule has 3 nitrogen and oxygen atoms in total. The second kappa shape index (κ2) is 6.55. The summed E-state index contributed by atoms with van der Waals surface area (Å²) in [5.74, 6) is 5.86. The van der Waals surface area contributed by atoms with Gasteiger partial charge in [0.2, 0.25) is 0 Å². The molecule has 1 fully saturated rings. The third kappa shape index (κ3) is 3.85. The average molecular weight is 244 g/mol. The van der Waals surface area contributed by atoms with E-state index in [4.69, 9.17) is 10.8 Å². The van der Waals surface area contributed by atoms with Crippen LogP contribution in [0.3, 0.4) is 0 Å². The lowest BCUT2D eigenvalue weighted by Crippen LogP contribution is -2.28. The first kappa shape index (κ1) is 13.1. The van der Waals surface area contributed by atoms with E-state index >= 15 is 0 Å². The van der Waals surface area contributed by atoms with Crippen LogP contribution in [0.1, 0.15) is 24.0 Å². The van der Waals surface area contributed by atoms with Crippen molar-refractivity contribution in [3.05, 3.63) is 35.4 Å². The first-order valence-electron chi connectivity index (χ1n) is 6.46. The summed E-state index contributed by atoms with van der Waals surface area (Å²) >= 11 is 0. The molecule has 1 aromatic carbocycles. The maximum absolute atomic E-state index is 9.06. The van der Waals surface area contributed by atoms with Gasteiger partial charge in [0.15, 0.2) is 0 Å². The van der Waals surface area contributed by atoms with Gasteiger partial charge in [-0.2, -0.15) is 0 Å². The second-order valence-electron chi connectivity index (χ2n) is 4.63. The molecule has 3 heteroatoms. The molecule has 0 spiro atoms. The van der Waals surface area contributed by atoms with Gasteiger partial charge in [0.05, 0.1) is 13.2 Å². The van der Waals surface area contributed by atoms with Crippen molar-refractivity contribution in [1.29, 1.82) is 0 Å². The van der Waals surface area contributed by atoms with Crippen molar-refractivity contribution in [2.24, 2.45) is 5.73 Å². The lowest BCUT2D eigenvalue weighted by Gasteiger charge is -2.20. The number of nitrogens with zero attached hydrogens (tertiary/aromatic N) is 1. The smallest absolute Gasteiger partial charge is 0.0558 e. The molecule has 3 N–H and O–H groups in total. The third-order valence-electron chi connectivity index (χ3n) is 3.12. The van der Waals surface area contributed by atoms with Crippen molar-refractivity contribution in [1.82, 2.24) is 4.90 Å². The van der Waals surface area contributed by atoms with Gasteiger partial charge >= 0.3 is 0 Å². The van der Waals surface area contributed by atoms with Gasteiger partial charge in [0, 0.05) is 24.7 Å². The summed E-state index contributed by atoms with van der Waals surface area (Å²) in [5, 5.41) is 9.06. The summed E-state index contributed by atoms with van der Waals surface area (Å²) in [4.78, 5) is 2.35. The molecule has 0 aliphatic heterocycles. The standard InChI is InChI=1S/C15H20N2O/c16-9-1-2-13-3-5-14(6-4-13)12-17(10-11-18)15-7-8-15/h3-6,15,18H,7-12,16H2. The minimum atomic E-state index is 0.233. The zero-order valence-corrected chi connectivity index (χ0v) is 10.6. The summed E-state index contributed by atoms with van der Waals surface area (Å²) in [6, 6.07) is 8.94. The number of aliphatic hydroxyl groups excluding tert-OH is 1. The van der Waals surface area contributed by atoms with E-state index in [0.29, 0.717) is 12.6 Å². The van der Waals surface area contributed by atoms with E-state index in [0.717, 1.165) is 18.7 Å². The van der Waals surface area contributed by atoms with E-state index in [1.54, 1.807) is 0 Å². The van der Waals surface area contributed by atoms with Crippen LogP contribution >= 0.6 is 0 Å². The Balaban J connectivity index is 1.96. The number of rotatable bonds is 5. The molecule has 0 heterocycles. The number of hydrogen-bond acceptors (Lipinski definition) is 3. The molecule has 0 saturated heterocycles. The normalized spacial score (nSPS) is 14.4. The van der Waals surface area contributed by atoms with Crippen LogP contribution in [0.4, 0.5) is 0 Å².